The lowest BCUT2D eigenvalue weighted by atomic mass is 10.1. The summed E-state index contributed by atoms with van der Waals surface area (Å²) >= 11 is 0. The molecule has 0 radical (unpaired) electrons. The van der Waals surface area contributed by atoms with E-state index in [-0.39, 0.29) is 6.04 Å². The third kappa shape index (κ3) is 2.31. The Morgan fingerprint density at radius 2 is 2.17 bits per heavy atom. The summed E-state index contributed by atoms with van der Waals surface area (Å²) in [7, 11) is 2.02. The topological polar surface area (TPSA) is 47.7 Å². The summed E-state index contributed by atoms with van der Waals surface area (Å²) in [6, 6.07) is 2.22. The highest BCUT2D eigenvalue weighted by Crippen LogP contribution is 2.21. The summed E-state index contributed by atoms with van der Waals surface area (Å²) in [4.78, 5) is 4.46. The van der Waals surface area contributed by atoms with Gasteiger partial charge in [0.15, 0.2) is 0 Å². The van der Waals surface area contributed by atoms with Crippen LogP contribution in [0.2, 0.25) is 0 Å². The van der Waals surface area contributed by atoms with E-state index in [1.54, 1.807) is 0 Å². The van der Waals surface area contributed by atoms with E-state index in [0.717, 1.165) is 24.6 Å². The van der Waals surface area contributed by atoms with E-state index in [0.29, 0.717) is 0 Å². The zero-order valence-corrected chi connectivity index (χ0v) is 11.5. The predicted octanol–water partition coefficient (Wildman–Crippen LogP) is 1.64. The average Bonchev–Trinajstić information content (AvgIpc) is 2.92. The number of hydrogen-bond donors (Lipinski definition) is 1. The van der Waals surface area contributed by atoms with Gasteiger partial charge >= 0.3 is 0 Å². The van der Waals surface area contributed by atoms with Gasteiger partial charge in [0.25, 0.3) is 0 Å². The van der Waals surface area contributed by atoms with E-state index in [9.17, 15) is 0 Å². The van der Waals surface area contributed by atoms with E-state index >= 15 is 0 Å². The molecule has 0 saturated heterocycles. The highest BCUT2D eigenvalue weighted by atomic mass is 15.3. The minimum atomic E-state index is 0.0937. The van der Waals surface area contributed by atoms with Crippen molar-refractivity contribution in [3.05, 3.63) is 35.7 Å². The van der Waals surface area contributed by atoms with Gasteiger partial charge in [0.2, 0.25) is 0 Å². The standard InChI is InChI=1S/C13H21N5/c1-5-14-12(13-15-7-8-17(13)4)11-9-10(3)16-18(11)6-2/h7-9,12,14H,5-6H2,1-4H3. The first kappa shape index (κ1) is 12.8. The number of aromatic nitrogens is 4. The Balaban J connectivity index is 2.44. The largest absolute Gasteiger partial charge is 0.336 e. The highest BCUT2D eigenvalue weighted by Gasteiger charge is 2.21. The number of nitrogens with zero attached hydrogens (tertiary/aromatic N) is 4. The Morgan fingerprint density at radius 1 is 1.39 bits per heavy atom. The Bertz CT molecular complexity index is 511. The van der Waals surface area contributed by atoms with Crippen molar-refractivity contribution in [1.29, 1.82) is 0 Å². The number of aryl methyl sites for hydroxylation is 3. The molecule has 2 rings (SSSR count). The molecule has 0 aliphatic rings. The van der Waals surface area contributed by atoms with Crippen LogP contribution in [0.25, 0.3) is 0 Å². The molecular formula is C13H21N5. The highest BCUT2D eigenvalue weighted by molar-refractivity contribution is 5.21. The second-order valence-electron chi connectivity index (χ2n) is 4.41. The van der Waals surface area contributed by atoms with Crippen LogP contribution >= 0.6 is 0 Å². The predicted molar refractivity (Wildman–Crippen MR) is 71.4 cm³/mol. The van der Waals surface area contributed by atoms with Crippen molar-refractivity contribution < 1.29 is 0 Å². The molecule has 2 aromatic heterocycles. The van der Waals surface area contributed by atoms with Gasteiger partial charge in [-0.15, -0.1) is 0 Å². The zero-order valence-electron chi connectivity index (χ0n) is 11.5. The van der Waals surface area contributed by atoms with Crippen molar-refractivity contribution in [3.63, 3.8) is 0 Å². The molecule has 5 nitrogen and oxygen atoms in total. The van der Waals surface area contributed by atoms with Crippen LogP contribution in [0.4, 0.5) is 0 Å². The maximum Gasteiger partial charge on any atom is 0.131 e. The molecule has 18 heavy (non-hydrogen) atoms. The molecule has 1 atom stereocenters. The van der Waals surface area contributed by atoms with Crippen molar-refractivity contribution in [2.24, 2.45) is 7.05 Å². The number of hydrogen-bond acceptors (Lipinski definition) is 3. The molecule has 1 unspecified atom stereocenters. The van der Waals surface area contributed by atoms with Gasteiger partial charge in [0.1, 0.15) is 11.9 Å². The molecule has 2 heterocycles. The average molecular weight is 247 g/mol. The van der Waals surface area contributed by atoms with Gasteiger partial charge in [-0.3, -0.25) is 4.68 Å². The fourth-order valence-corrected chi connectivity index (χ4v) is 2.24. The number of rotatable bonds is 5. The van der Waals surface area contributed by atoms with Gasteiger partial charge in [-0.1, -0.05) is 6.92 Å². The van der Waals surface area contributed by atoms with Crippen LogP contribution in [0.15, 0.2) is 18.5 Å². The molecule has 0 aliphatic heterocycles. The summed E-state index contributed by atoms with van der Waals surface area (Å²) in [5.74, 6) is 1.02. The van der Waals surface area contributed by atoms with Crippen LogP contribution in [0.1, 0.15) is 37.1 Å². The fourth-order valence-electron chi connectivity index (χ4n) is 2.24. The van der Waals surface area contributed by atoms with E-state index < -0.39 is 0 Å². The van der Waals surface area contributed by atoms with Crippen LogP contribution < -0.4 is 5.32 Å². The molecule has 0 amide bonds. The molecule has 0 spiro atoms. The van der Waals surface area contributed by atoms with Gasteiger partial charge in [0.05, 0.1) is 11.4 Å². The lowest BCUT2D eigenvalue weighted by molar-refractivity contribution is 0.513. The Kier molecular flexibility index (Phi) is 3.81. The number of imidazole rings is 1. The van der Waals surface area contributed by atoms with Crippen molar-refractivity contribution in [2.45, 2.75) is 33.4 Å². The maximum atomic E-state index is 4.51. The molecule has 0 saturated carbocycles. The summed E-state index contributed by atoms with van der Waals surface area (Å²) in [6.45, 7) is 8.00. The minimum Gasteiger partial charge on any atom is -0.336 e. The Hall–Kier alpha value is -1.62. The van der Waals surface area contributed by atoms with Gasteiger partial charge in [-0.2, -0.15) is 5.10 Å². The summed E-state index contributed by atoms with van der Waals surface area (Å²) < 4.78 is 4.09. The van der Waals surface area contributed by atoms with Crippen LogP contribution in [0, 0.1) is 6.92 Å². The Labute approximate surface area is 108 Å². The molecule has 98 valence electrons. The molecule has 0 fully saturated rings. The van der Waals surface area contributed by atoms with Crippen molar-refractivity contribution in [2.75, 3.05) is 6.54 Å². The van der Waals surface area contributed by atoms with Gasteiger partial charge in [-0.25, -0.2) is 4.98 Å². The van der Waals surface area contributed by atoms with Gasteiger partial charge < -0.3 is 9.88 Å². The molecule has 5 heteroatoms. The number of nitrogens with one attached hydrogen (secondary N) is 1. The summed E-state index contributed by atoms with van der Waals surface area (Å²) in [5.41, 5.74) is 2.22. The molecule has 0 aliphatic carbocycles. The lowest BCUT2D eigenvalue weighted by Crippen LogP contribution is -2.27. The quantitative estimate of drug-likeness (QED) is 0.874. The second kappa shape index (κ2) is 5.35. The molecule has 1 N–H and O–H groups in total. The van der Waals surface area contributed by atoms with Gasteiger partial charge in [0, 0.05) is 26.0 Å². The third-order valence-corrected chi connectivity index (χ3v) is 3.05. The van der Waals surface area contributed by atoms with E-state index in [4.69, 9.17) is 0 Å². The second-order valence-corrected chi connectivity index (χ2v) is 4.41. The monoisotopic (exact) mass is 247 g/mol. The summed E-state index contributed by atoms with van der Waals surface area (Å²) in [6.07, 6.45) is 3.80. The van der Waals surface area contributed by atoms with Crippen LogP contribution in [-0.4, -0.2) is 25.9 Å². The molecule has 0 bridgehead atoms. The molecule has 0 aromatic carbocycles. The maximum absolute atomic E-state index is 4.51. The zero-order chi connectivity index (χ0) is 13.1. The van der Waals surface area contributed by atoms with E-state index in [1.165, 1.54) is 5.69 Å². The SMILES string of the molecule is CCNC(c1nccn1C)c1cc(C)nn1CC. The molecule has 2 aromatic rings. The van der Waals surface area contributed by atoms with Crippen LogP contribution in [-0.2, 0) is 13.6 Å². The van der Waals surface area contributed by atoms with E-state index in [2.05, 4.69) is 39.9 Å². The van der Waals surface area contributed by atoms with Crippen molar-refractivity contribution >= 4 is 0 Å². The summed E-state index contributed by atoms with van der Waals surface area (Å²) in [5, 5.41) is 8.00. The first-order valence-corrected chi connectivity index (χ1v) is 6.42. The third-order valence-electron chi connectivity index (χ3n) is 3.05. The van der Waals surface area contributed by atoms with E-state index in [1.807, 2.05) is 31.0 Å². The lowest BCUT2D eigenvalue weighted by Gasteiger charge is -2.18. The first-order chi connectivity index (χ1) is 8.67. The van der Waals surface area contributed by atoms with Crippen LogP contribution in [0.5, 0.6) is 0 Å². The minimum absolute atomic E-state index is 0.0937. The first-order valence-electron chi connectivity index (χ1n) is 6.42. The smallest absolute Gasteiger partial charge is 0.131 e. The normalized spacial score (nSPS) is 12.9. The molecular weight excluding hydrogens is 226 g/mol. The van der Waals surface area contributed by atoms with Crippen molar-refractivity contribution in [1.82, 2.24) is 24.6 Å². The Morgan fingerprint density at radius 3 is 2.72 bits per heavy atom. The van der Waals surface area contributed by atoms with Crippen LogP contribution in [0.3, 0.4) is 0 Å². The van der Waals surface area contributed by atoms with Gasteiger partial charge in [-0.05, 0) is 26.5 Å². The fraction of sp³-hybridized carbons (Fsp3) is 0.538. The van der Waals surface area contributed by atoms with Crippen molar-refractivity contribution in [3.8, 4) is 0 Å².